The van der Waals surface area contributed by atoms with Gasteiger partial charge in [0, 0.05) is 18.3 Å². The van der Waals surface area contributed by atoms with Crippen LogP contribution < -0.4 is 0 Å². The van der Waals surface area contributed by atoms with Gasteiger partial charge in [-0.15, -0.1) is 0 Å². The van der Waals surface area contributed by atoms with Gasteiger partial charge in [0.05, 0.1) is 0 Å². The molecule has 2 aliphatic rings. The number of amides is 1. The van der Waals surface area contributed by atoms with Crippen LogP contribution >= 0.6 is 11.8 Å². The standard InChI is InChI=1S/C14H25NO2S/c1-14(2,3)17-13(16)15-8-6-12(7-9-15)18-10-11-4-5-11/h11-12H,4-10H2,1-3H3. The number of piperidine rings is 1. The molecule has 0 bridgehead atoms. The first-order chi connectivity index (χ1) is 8.44. The molecule has 0 aromatic heterocycles. The largest absolute Gasteiger partial charge is 0.444 e. The van der Waals surface area contributed by atoms with Gasteiger partial charge in [-0.3, -0.25) is 0 Å². The molecule has 1 heterocycles. The van der Waals surface area contributed by atoms with Gasteiger partial charge in [-0.25, -0.2) is 4.79 Å². The Hall–Kier alpha value is -0.380. The number of hydrogen-bond donors (Lipinski definition) is 0. The van der Waals surface area contributed by atoms with Gasteiger partial charge in [0.1, 0.15) is 5.60 Å². The maximum Gasteiger partial charge on any atom is 0.410 e. The smallest absolute Gasteiger partial charge is 0.410 e. The fourth-order valence-electron chi connectivity index (χ4n) is 2.09. The molecule has 1 saturated heterocycles. The van der Waals surface area contributed by atoms with E-state index in [-0.39, 0.29) is 11.7 Å². The lowest BCUT2D eigenvalue weighted by Crippen LogP contribution is -2.42. The summed E-state index contributed by atoms with van der Waals surface area (Å²) in [4.78, 5) is 13.8. The highest BCUT2D eigenvalue weighted by Crippen LogP contribution is 2.35. The molecule has 0 atom stereocenters. The summed E-state index contributed by atoms with van der Waals surface area (Å²) in [5, 5.41) is 0.754. The molecule has 18 heavy (non-hydrogen) atoms. The molecule has 1 saturated carbocycles. The Bertz CT molecular complexity index is 289. The minimum Gasteiger partial charge on any atom is -0.444 e. The van der Waals surface area contributed by atoms with E-state index in [1.54, 1.807) is 0 Å². The number of nitrogens with zero attached hydrogens (tertiary/aromatic N) is 1. The first-order valence-electron chi connectivity index (χ1n) is 7.03. The SMILES string of the molecule is CC(C)(C)OC(=O)N1CCC(SCC2CC2)CC1. The lowest BCUT2D eigenvalue weighted by Gasteiger charge is -2.33. The zero-order chi connectivity index (χ0) is 13.2. The first-order valence-corrected chi connectivity index (χ1v) is 8.08. The van der Waals surface area contributed by atoms with Gasteiger partial charge in [-0.2, -0.15) is 11.8 Å². The molecule has 0 unspecified atom stereocenters. The Labute approximate surface area is 115 Å². The van der Waals surface area contributed by atoms with Crippen LogP contribution in [0.4, 0.5) is 4.79 Å². The van der Waals surface area contributed by atoms with E-state index in [1.165, 1.54) is 18.6 Å². The molecule has 0 N–H and O–H groups in total. The van der Waals surface area contributed by atoms with Gasteiger partial charge in [0.15, 0.2) is 0 Å². The van der Waals surface area contributed by atoms with Gasteiger partial charge >= 0.3 is 6.09 Å². The average molecular weight is 271 g/mol. The second-order valence-corrected chi connectivity index (χ2v) is 7.78. The van der Waals surface area contributed by atoms with Crippen molar-refractivity contribution in [3.8, 4) is 0 Å². The highest BCUT2D eigenvalue weighted by atomic mass is 32.2. The van der Waals surface area contributed by atoms with Crippen LogP contribution in [0.3, 0.4) is 0 Å². The van der Waals surface area contributed by atoms with Crippen LogP contribution in [0.2, 0.25) is 0 Å². The highest BCUT2D eigenvalue weighted by Gasteiger charge is 2.28. The molecule has 104 valence electrons. The average Bonchev–Trinajstić information content (AvgIpc) is 3.08. The van der Waals surface area contributed by atoms with E-state index in [0.717, 1.165) is 37.1 Å². The van der Waals surface area contributed by atoms with E-state index in [2.05, 4.69) is 11.8 Å². The summed E-state index contributed by atoms with van der Waals surface area (Å²) in [5.41, 5.74) is -0.380. The summed E-state index contributed by atoms with van der Waals surface area (Å²) >= 11 is 2.12. The van der Waals surface area contributed by atoms with Crippen molar-refractivity contribution in [1.82, 2.24) is 4.90 Å². The second-order valence-electron chi connectivity index (χ2n) is 6.44. The van der Waals surface area contributed by atoms with Crippen LogP contribution in [0.5, 0.6) is 0 Å². The molecular formula is C14H25NO2S. The van der Waals surface area contributed by atoms with Crippen molar-refractivity contribution in [2.75, 3.05) is 18.8 Å². The molecule has 1 aliphatic carbocycles. The summed E-state index contributed by atoms with van der Waals surface area (Å²) in [6, 6.07) is 0. The first kappa shape index (κ1) is 14.0. The summed E-state index contributed by atoms with van der Waals surface area (Å²) in [5.74, 6) is 2.33. The Morgan fingerprint density at radius 3 is 2.33 bits per heavy atom. The lowest BCUT2D eigenvalue weighted by molar-refractivity contribution is 0.0219. The van der Waals surface area contributed by atoms with E-state index in [1.807, 2.05) is 25.7 Å². The Morgan fingerprint density at radius 1 is 1.22 bits per heavy atom. The van der Waals surface area contributed by atoms with Gasteiger partial charge < -0.3 is 9.64 Å². The van der Waals surface area contributed by atoms with E-state index < -0.39 is 0 Å². The minimum atomic E-state index is -0.380. The van der Waals surface area contributed by atoms with Crippen LogP contribution in [0.1, 0.15) is 46.5 Å². The molecule has 0 aromatic carbocycles. The van der Waals surface area contributed by atoms with Gasteiger partial charge in [-0.05, 0) is 58.1 Å². The Balaban J connectivity index is 1.67. The molecule has 1 amide bonds. The lowest BCUT2D eigenvalue weighted by atomic mass is 10.1. The molecule has 0 radical (unpaired) electrons. The molecule has 4 heteroatoms. The van der Waals surface area contributed by atoms with Gasteiger partial charge in [0.2, 0.25) is 0 Å². The van der Waals surface area contributed by atoms with Crippen molar-refractivity contribution < 1.29 is 9.53 Å². The van der Waals surface area contributed by atoms with E-state index >= 15 is 0 Å². The highest BCUT2D eigenvalue weighted by molar-refractivity contribution is 7.99. The number of hydrogen-bond acceptors (Lipinski definition) is 3. The molecule has 2 fully saturated rings. The van der Waals surface area contributed by atoms with E-state index in [4.69, 9.17) is 4.74 Å². The molecule has 0 spiro atoms. The number of rotatable bonds is 3. The van der Waals surface area contributed by atoms with Crippen molar-refractivity contribution in [3.63, 3.8) is 0 Å². The maximum atomic E-state index is 11.9. The summed E-state index contributed by atoms with van der Waals surface area (Å²) in [6.45, 7) is 7.48. The second kappa shape index (κ2) is 5.72. The third-order valence-corrected chi connectivity index (χ3v) is 4.96. The van der Waals surface area contributed by atoms with E-state index in [9.17, 15) is 4.79 Å². The topological polar surface area (TPSA) is 29.5 Å². The number of carbonyl (C=O) groups is 1. The maximum absolute atomic E-state index is 11.9. The number of thioether (sulfide) groups is 1. The zero-order valence-electron chi connectivity index (χ0n) is 11.8. The summed E-state index contributed by atoms with van der Waals surface area (Å²) in [7, 11) is 0. The van der Waals surface area contributed by atoms with E-state index in [0.29, 0.717) is 0 Å². The normalized spacial score (nSPS) is 22.1. The van der Waals surface area contributed by atoms with Crippen LogP contribution in [-0.4, -0.2) is 40.7 Å². The predicted octanol–water partition coefficient (Wildman–Crippen LogP) is 3.53. The fourth-order valence-corrected chi connectivity index (χ4v) is 3.51. The van der Waals surface area contributed by atoms with Crippen molar-refractivity contribution >= 4 is 17.9 Å². The fraction of sp³-hybridized carbons (Fsp3) is 0.929. The monoisotopic (exact) mass is 271 g/mol. The number of carbonyl (C=O) groups excluding carboxylic acids is 1. The summed E-state index contributed by atoms with van der Waals surface area (Å²) < 4.78 is 5.40. The quantitative estimate of drug-likeness (QED) is 0.786. The summed E-state index contributed by atoms with van der Waals surface area (Å²) in [6.07, 6.45) is 4.97. The molecule has 1 aliphatic heterocycles. The van der Waals surface area contributed by atoms with Gasteiger partial charge in [0.25, 0.3) is 0 Å². The third kappa shape index (κ3) is 4.71. The Kier molecular flexibility index (Phi) is 4.46. The minimum absolute atomic E-state index is 0.145. The van der Waals surface area contributed by atoms with Crippen LogP contribution in [0.15, 0.2) is 0 Å². The molecule has 3 nitrogen and oxygen atoms in total. The third-order valence-electron chi connectivity index (χ3n) is 3.36. The molecule has 0 aromatic rings. The van der Waals surface area contributed by atoms with Crippen molar-refractivity contribution in [1.29, 1.82) is 0 Å². The van der Waals surface area contributed by atoms with Gasteiger partial charge in [-0.1, -0.05) is 0 Å². The zero-order valence-corrected chi connectivity index (χ0v) is 12.6. The predicted molar refractivity (Wildman–Crippen MR) is 76.0 cm³/mol. The molecular weight excluding hydrogens is 246 g/mol. The van der Waals surface area contributed by atoms with Crippen molar-refractivity contribution in [2.45, 2.75) is 57.3 Å². The van der Waals surface area contributed by atoms with Crippen LogP contribution in [0, 0.1) is 5.92 Å². The van der Waals surface area contributed by atoms with Crippen molar-refractivity contribution in [3.05, 3.63) is 0 Å². The van der Waals surface area contributed by atoms with Crippen LogP contribution in [-0.2, 0) is 4.74 Å². The van der Waals surface area contributed by atoms with Crippen LogP contribution in [0.25, 0.3) is 0 Å². The van der Waals surface area contributed by atoms with Crippen molar-refractivity contribution in [2.24, 2.45) is 5.92 Å². The molecule has 2 rings (SSSR count). The Morgan fingerprint density at radius 2 is 1.83 bits per heavy atom. The number of ether oxygens (including phenoxy) is 1. The number of likely N-dealkylation sites (tertiary alicyclic amines) is 1.